The van der Waals surface area contributed by atoms with Gasteiger partial charge in [-0.2, -0.15) is 0 Å². The standard InChI is InChI=1S/C16H17O4P.Mg/c1-11-9-12(2)15(13(3)10-11)16(17)20-21(18)19-14-7-5-4-6-8-14;/h4-10,21H,1-3H3;. The molecule has 0 spiro atoms. The van der Waals surface area contributed by atoms with Crippen LogP contribution in [0.4, 0.5) is 0 Å². The Balaban J connectivity index is 0.00000242. The number of carbonyl (C=O) groups excluding carboxylic acids is 1. The Labute approximate surface area is 146 Å². The van der Waals surface area contributed by atoms with Crippen molar-refractivity contribution in [2.75, 3.05) is 0 Å². The highest BCUT2D eigenvalue weighted by Gasteiger charge is 2.17. The van der Waals surface area contributed by atoms with E-state index in [0.717, 1.165) is 16.7 Å². The molecule has 2 rings (SSSR count). The van der Waals surface area contributed by atoms with Gasteiger partial charge >= 0.3 is 14.2 Å². The highest BCUT2D eigenvalue weighted by Crippen LogP contribution is 2.30. The van der Waals surface area contributed by atoms with E-state index in [2.05, 4.69) is 0 Å². The first kappa shape index (κ1) is 18.8. The Hall–Kier alpha value is -1.29. The van der Waals surface area contributed by atoms with Crippen LogP contribution in [0.5, 0.6) is 5.75 Å². The molecule has 0 N–H and O–H groups in total. The molecule has 112 valence electrons. The molecular formula is C16H17MgO4P. The van der Waals surface area contributed by atoms with Gasteiger partial charge in [-0.15, -0.1) is 0 Å². The molecule has 0 aliphatic carbocycles. The minimum absolute atomic E-state index is 0. The summed E-state index contributed by atoms with van der Waals surface area (Å²) >= 11 is 0. The molecule has 4 nitrogen and oxygen atoms in total. The van der Waals surface area contributed by atoms with Crippen LogP contribution in [0.25, 0.3) is 0 Å². The average molecular weight is 329 g/mol. The maximum absolute atomic E-state index is 12.1. The molecular weight excluding hydrogens is 311 g/mol. The van der Waals surface area contributed by atoms with Crippen molar-refractivity contribution in [3.8, 4) is 5.75 Å². The van der Waals surface area contributed by atoms with Gasteiger partial charge in [0.15, 0.2) is 0 Å². The Kier molecular flexibility index (Phi) is 7.13. The normalized spacial score (nSPS) is 11.2. The Morgan fingerprint density at radius 3 is 2.09 bits per heavy atom. The van der Waals surface area contributed by atoms with E-state index in [1.165, 1.54) is 0 Å². The van der Waals surface area contributed by atoms with E-state index in [0.29, 0.717) is 11.3 Å². The summed E-state index contributed by atoms with van der Waals surface area (Å²) in [6.07, 6.45) is 0. The second-order valence-corrected chi connectivity index (χ2v) is 5.74. The fourth-order valence-corrected chi connectivity index (χ4v) is 2.86. The van der Waals surface area contributed by atoms with Gasteiger partial charge in [-0.25, -0.2) is 9.36 Å². The number of carbonyl (C=O) groups is 1. The van der Waals surface area contributed by atoms with E-state index in [9.17, 15) is 9.36 Å². The van der Waals surface area contributed by atoms with E-state index >= 15 is 0 Å². The summed E-state index contributed by atoms with van der Waals surface area (Å²) in [5, 5.41) is 0. The molecule has 0 amide bonds. The zero-order chi connectivity index (χ0) is 15.4. The summed E-state index contributed by atoms with van der Waals surface area (Å²) in [6, 6.07) is 12.4. The van der Waals surface area contributed by atoms with Crippen LogP contribution in [-0.2, 0) is 9.09 Å². The molecule has 0 aliphatic rings. The van der Waals surface area contributed by atoms with Crippen molar-refractivity contribution >= 4 is 37.3 Å². The highest BCUT2D eigenvalue weighted by atomic mass is 31.1. The predicted molar refractivity (Wildman–Crippen MR) is 87.9 cm³/mol. The molecule has 1 unspecified atom stereocenters. The van der Waals surface area contributed by atoms with Crippen LogP contribution in [0.2, 0.25) is 0 Å². The van der Waals surface area contributed by atoms with E-state index < -0.39 is 14.2 Å². The lowest BCUT2D eigenvalue weighted by Crippen LogP contribution is -2.07. The maximum Gasteiger partial charge on any atom is 0.421 e. The molecule has 1 atom stereocenters. The molecule has 0 aliphatic heterocycles. The van der Waals surface area contributed by atoms with Crippen LogP contribution in [0.3, 0.4) is 0 Å². The number of hydrogen-bond acceptors (Lipinski definition) is 4. The number of rotatable bonds is 4. The van der Waals surface area contributed by atoms with E-state index in [-0.39, 0.29) is 23.1 Å². The quantitative estimate of drug-likeness (QED) is 0.632. The van der Waals surface area contributed by atoms with Crippen molar-refractivity contribution < 1.29 is 18.4 Å². The number of hydrogen-bond donors (Lipinski definition) is 0. The predicted octanol–water partition coefficient (Wildman–Crippen LogP) is 3.86. The van der Waals surface area contributed by atoms with Gasteiger partial charge in [0.1, 0.15) is 5.75 Å². The maximum atomic E-state index is 12.1. The van der Waals surface area contributed by atoms with Crippen LogP contribution in [-0.4, -0.2) is 29.0 Å². The highest BCUT2D eigenvalue weighted by molar-refractivity contribution is 7.34. The van der Waals surface area contributed by atoms with Crippen molar-refractivity contribution in [1.82, 2.24) is 0 Å². The number of aryl methyl sites for hydroxylation is 3. The van der Waals surface area contributed by atoms with Gasteiger partial charge in [0.2, 0.25) is 0 Å². The fraction of sp³-hybridized carbons (Fsp3) is 0.188. The van der Waals surface area contributed by atoms with Gasteiger partial charge in [-0.1, -0.05) is 35.9 Å². The van der Waals surface area contributed by atoms with Crippen molar-refractivity contribution in [3.63, 3.8) is 0 Å². The lowest BCUT2D eigenvalue weighted by molar-refractivity contribution is 0.0731. The molecule has 0 saturated heterocycles. The second kappa shape index (κ2) is 8.37. The summed E-state index contributed by atoms with van der Waals surface area (Å²) in [5.74, 6) is -0.212. The molecule has 0 saturated carbocycles. The minimum atomic E-state index is -2.93. The molecule has 2 radical (unpaired) electrons. The molecule has 0 bridgehead atoms. The zero-order valence-electron chi connectivity index (χ0n) is 12.9. The first-order valence-electron chi connectivity index (χ1n) is 6.54. The smallest absolute Gasteiger partial charge is 0.418 e. The van der Waals surface area contributed by atoms with Gasteiger partial charge in [-0.05, 0) is 44.0 Å². The lowest BCUT2D eigenvalue weighted by atomic mass is 10.0. The minimum Gasteiger partial charge on any atom is -0.418 e. The summed E-state index contributed by atoms with van der Waals surface area (Å²) in [5.41, 5.74) is 3.10. The summed E-state index contributed by atoms with van der Waals surface area (Å²) < 4.78 is 21.8. The van der Waals surface area contributed by atoms with Crippen molar-refractivity contribution in [2.45, 2.75) is 20.8 Å². The van der Waals surface area contributed by atoms with Crippen LogP contribution in [0, 0.1) is 20.8 Å². The lowest BCUT2D eigenvalue weighted by Gasteiger charge is -2.11. The first-order valence-corrected chi connectivity index (χ1v) is 7.76. The molecule has 2 aromatic rings. The van der Waals surface area contributed by atoms with Crippen molar-refractivity contribution in [1.29, 1.82) is 0 Å². The number of benzene rings is 2. The zero-order valence-corrected chi connectivity index (χ0v) is 15.3. The van der Waals surface area contributed by atoms with Crippen molar-refractivity contribution in [3.05, 3.63) is 64.7 Å². The van der Waals surface area contributed by atoms with Crippen LogP contribution in [0.15, 0.2) is 42.5 Å². The van der Waals surface area contributed by atoms with Crippen LogP contribution < -0.4 is 4.52 Å². The largest absolute Gasteiger partial charge is 0.421 e. The Morgan fingerprint density at radius 1 is 1.00 bits per heavy atom. The molecule has 0 aromatic heterocycles. The molecule has 6 heteroatoms. The van der Waals surface area contributed by atoms with E-state index in [1.54, 1.807) is 24.3 Å². The van der Waals surface area contributed by atoms with Gasteiger partial charge in [0.05, 0.1) is 5.56 Å². The monoisotopic (exact) mass is 328 g/mol. The molecule has 2 aromatic carbocycles. The third-order valence-corrected chi connectivity index (χ3v) is 3.76. The van der Waals surface area contributed by atoms with Gasteiger partial charge in [0.25, 0.3) is 0 Å². The molecule has 0 fully saturated rings. The van der Waals surface area contributed by atoms with Crippen LogP contribution >= 0.6 is 8.25 Å². The molecule has 0 heterocycles. The third kappa shape index (κ3) is 4.87. The first-order chi connectivity index (χ1) is 9.97. The van der Waals surface area contributed by atoms with Crippen LogP contribution in [0.1, 0.15) is 27.0 Å². The topological polar surface area (TPSA) is 52.6 Å². The summed E-state index contributed by atoms with van der Waals surface area (Å²) in [4.78, 5) is 12.1. The SMILES string of the molecule is Cc1cc(C)c(C(=O)O[PH](=O)Oc2ccccc2)c(C)c1.[Mg]. The van der Waals surface area contributed by atoms with Gasteiger partial charge in [0, 0.05) is 23.1 Å². The van der Waals surface area contributed by atoms with Gasteiger partial charge < -0.3 is 9.05 Å². The Bertz CT molecular complexity index is 663. The third-order valence-electron chi connectivity index (χ3n) is 3.00. The fourth-order valence-electron chi connectivity index (χ4n) is 2.23. The van der Waals surface area contributed by atoms with Gasteiger partial charge in [-0.3, -0.25) is 0 Å². The average Bonchev–Trinajstić information content (AvgIpc) is 2.38. The number of para-hydroxylation sites is 1. The Morgan fingerprint density at radius 2 is 1.55 bits per heavy atom. The second-order valence-electron chi connectivity index (χ2n) is 4.83. The van der Waals surface area contributed by atoms with Crippen molar-refractivity contribution in [2.24, 2.45) is 0 Å². The summed E-state index contributed by atoms with van der Waals surface area (Å²) in [6.45, 7) is 5.61. The van der Waals surface area contributed by atoms with E-state index in [4.69, 9.17) is 9.05 Å². The molecule has 22 heavy (non-hydrogen) atoms. The van der Waals surface area contributed by atoms with E-state index in [1.807, 2.05) is 39.0 Å². The summed E-state index contributed by atoms with van der Waals surface area (Å²) in [7, 11) is -2.93.